The highest BCUT2D eigenvalue weighted by molar-refractivity contribution is 6.32. The molecule has 2 atom stereocenters. The average molecular weight is 323 g/mol. The normalized spacial score (nSPS) is 19.6. The smallest absolute Gasteiger partial charge is 0.168 e. The lowest BCUT2D eigenvalue weighted by atomic mass is 10.1. The number of nitrogens with one attached hydrogen (secondary N) is 1. The van der Waals surface area contributed by atoms with Crippen LogP contribution in [0.4, 0.5) is 4.39 Å². The molecule has 6 heteroatoms. The minimum atomic E-state index is -0.419. The van der Waals surface area contributed by atoms with Gasteiger partial charge in [-0.2, -0.15) is 0 Å². The van der Waals surface area contributed by atoms with Crippen molar-refractivity contribution in [2.75, 3.05) is 19.7 Å². The van der Waals surface area contributed by atoms with Crippen LogP contribution in [0.15, 0.2) is 42.6 Å². The first-order valence-electron chi connectivity index (χ1n) is 7.09. The van der Waals surface area contributed by atoms with Crippen LogP contribution in [0, 0.1) is 5.82 Å². The molecule has 1 fully saturated rings. The van der Waals surface area contributed by atoms with Gasteiger partial charge in [-0.15, -0.1) is 0 Å². The molecule has 1 aliphatic rings. The number of halogens is 2. The lowest BCUT2D eigenvalue weighted by Crippen LogP contribution is -2.43. The number of morpholine rings is 1. The molecule has 2 aromatic rings. The van der Waals surface area contributed by atoms with Crippen LogP contribution < -0.4 is 10.1 Å². The maximum Gasteiger partial charge on any atom is 0.168 e. The van der Waals surface area contributed by atoms with Gasteiger partial charge in [-0.25, -0.2) is 4.39 Å². The minimum Gasteiger partial charge on any atom is -0.480 e. The predicted octanol–water partition coefficient (Wildman–Crippen LogP) is 2.98. The third-order valence-electron chi connectivity index (χ3n) is 3.42. The van der Waals surface area contributed by atoms with E-state index in [1.165, 1.54) is 18.2 Å². The van der Waals surface area contributed by atoms with Crippen molar-refractivity contribution in [3.05, 3.63) is 59.1 Å². The van der Waals surface area contributed by atoms with E-state index in [2.05, 4.69) is 10.3 Å². The molecular weight excluding hydrogens is 307 g/mol. The van der Waals surface area contributed by atoms with Crippen LogP contribution in [-0.4, -0.2) is 30.8 Å². The van der Waals surface area contributed by atoms with Crippen molar-refractivity contribution in [1.82, 2.24) is 10.3 Å². The molecule has 1 aromatic heterocycles. The Labute approximate surface area is 133 Å². The molecule has 1 saturated heterocycles. The Morgan fingerprint density at radius 2 is 2.27 bits per heavy atom. The molecule has 0 radical (unpaired) electrons. The molecule has 0 aliphatic carbocycles. The quantitative estimate of drug-likeness (QED) is 0.940. The van der Waals surface area contributed by atoms with E-state index in [9.17, 15) is 4.39 Å². The molecule has 1 aromatic carbocycles. The summed E-state index contributed by atoms with van der Waals surface area (Å²) in [5, 5.41) is 3.50. The van der Waals surface area contributed by atoms with E-state index in [1.54, 1.807) is 6.20 Å². The second-order valence-electron chi connectivity index (χ2n) is 4.98. The van der Waals surface area contributed by atoms with E-state index in [1.807, 2.05) is 18.2 Å². The molecule has 1 aliphatic heterocycles. The highest BCUT2D eigenvalue weighted by atomic mass is 35.5. The fraction of sp³-hybridized carbons (Fsp3) is 0.312. The van der Waals surface area contributed by atoms with Crippen molar-refractivity contribution >= 4 is 11.6 Å². The third-order valence-corrected chi connectivity index (χ3v) is 3.72. The first-order chi connectivity index (χ1) is 10.7. The highest BCUT2D eigenvalue weighted by Gasteiger charge is 2.29. The fourth-order valence-electron chi connectivity index (χ4n) is 2.36. The number of ether oxygens (including phenoxy) is 2. The maximum atomic E-state index is 13.2. The van der Waals surface area contributed by atoms with E-state index < -0.39 is 11.9 Å². The summed E-state index contributed by atoms with van der Waals surface area (Å²) in [6, 6.07) is 9.67. The van der Waals surface area contributed by atoms with Gasteiger partial charge in [-0.1, -0.05) is 17.7 Å². The number of rotatable bonds is 4. The van der Waals surface area contributed by atoms with Crippen LogP contribution in [0.3, 0.4) is 0 Å². The summed E-state index contributed by atoms with van der Waals surface area (Å²) < 4.78 is 25.0. The monoisotopic (exact) mass is 322 g/mol. The van der Waals surface area contributed by atoms with Gasteiger partial charge in [-0.3, -0.25) is 4.98 Å². The number of hydrogen-bond donors (Lipinski definition) is 1. The molecule has 0 amide bonds. The number of nitrogens with zero attached hydrogens (tertiary/aromatic N) is 1. The standard InChI is InChI=1S/C16H16ClFN2O2/c17-12-9-11(18)4-5-14(12)22-16(13-3-1-2-6-20-13)15-10-19-7-8-21-15/h1-6,9,15-16,19H,7-8,10H2/t15-,16-/m0/s1. The summed E-state index contributed by atoms with van der Waals surface area (Å²) in [4.78, 5) is 4.35. The zero-order valence-electron chi connectivity index (χ0n) is 11.8. The Morgan fingerprint density at radius 3 is 2.95 bits per heavy atom. The first kappa shape index (κ1) is 15.2. The molecule has 0 unspecified atom stereocenters. The van der Waals surface area contributed by atoms with Gasteiger partial charge in [0.1, 0.15) is 17.7 Å². The Kier molecular flexibility index (Phi) is 4.87. The number of aromatic nitrogens is 1. The summed E-state index contributed by atoms with van der Waals surface area (Å²) in [6.07, 6.45) is 1.09. The molecule has 1 N–H and O–H groups in total. The average Bonchev–Trinajstić information content (AvgIpc) is 2.56. The van der Waals surface area contributed by atoms with Gasteiger partial charge in [0.2, 0.25) is 0 Å². The van der Waals surface area contributed by atoms with Crippen LogP contribution in [-0.2, 0) is 4.74 Å². The summed E-state index contributed by atoms with van der Waals surface area (Å²) in [6.45, 7) is 2.07. The fourth-order valence-corrected chi connectivity index (χ4v) is 2.57. The summed E-state index contributed by atoms with van der Waals surface area (Å²) >= 11 is 6.06. The van der Waals surface area contributed by atoms with Gasteiger partial charge in [0.15, 0.2) is 6.10 Å². The molecule has 3 rings (SSSR count). The van der Waals surface area contributed by atoms with Crippen molar-refractivity contribution in [3.8, 4) is 5.75 Å². The lowest BCUT2D eigenvalue weighted by Gasteiger charge is -2.31. The largest absolute Gasteiger partial charge is 0.480 e. The zero-order chi connectivity index (χ0) is 15.4. The Bertz CT molecular complexity index is 621. The number of hydrogen-bond acceptors (Lipinski definition) is 4. The van der Waals surface area contributed by atoms with Crippen molar-refractivity contribution in [3.63, 3.8) is 0 Å². The predicted molar refractivity (Wildman–Crippen MR) is 81.6 cm³/mol. The summed E-state index contributed by atoms with van der Waals surface area (Å²) in [5.74, 6) is 0.00946. The van der Waals surface area contributed by atoms with Gasteiger partial charge < -0.3 is 14.8 Å². The molecule has 0 bridgehead atoms. The van der Waals surface area contributed by atoms with Gasteiger partial charge >= 0.3 is 0 Å². The second kappa shape index (κ2) is 7.05. The molecule has 0 spiro atoms. The van der Waals surface area contributed by atoms with Crippen molar-refractivity contribution in [1.29, 1.82) is 0 Å². The molecule has 116 valence electrons. The zero-order valence-corrected chi connectivity index (χ0v) is 12.6. The van der Waals surface area contributed by atoms with E-state index in [0.717, 1.165) is 12.2 Å². The number of benzene rings is 1. The number of pyridine rings is 1. The van der Waals surface area contributed by atoms with Gasteiger partial charge in [-0.05, 0) is 30.3 Å². The van der Waals surface area contributed by atoms with Crippen LogP contribution in [0.5, 0.6) is 5.75 Å². The van der Waals surface area contributed by atoms with Crippen molar-refractivity contribution in [2.24, 2.45) is 0 Å². The van der Waals surface area contributed by atoms with Gasteiger partial charge in [0.05, 0.1) is 17.3 Å². The van der Waals surface area contributed by atoms with Crippen molar-refractivity contribution in [2.45, 2.75) is 12.2 Å². The Balaban J connectivity index is 1.87. The molecule has 22 heavy (non-hydrogen) atoms. The molecule has 2 heterocycles. The van der Waals surface area contributed by atoms with Crippen LogP contribution in [0.2, 0.25) is 5.02 Å². The van der Waals surface area contributed by atoms with E-state index in [4.69, 9.17) is 21.1 Å². The summed E-state index contributed by atoms with van der Waals surface area (Å²) in [5.41, 5.74) is 0.747. The molecule has 4 nitrogen and oxygen atoms in total. The summed E-state index contributed by atoms with van der Waals surface area (Å²) in [7, 11) is 0. The lowest BCUT2D eigenvalue weighted by molar-refractivity contribution is -0.0446. The van der Waals surface area contributed by atoms with Crippen LogP contribution in [0.1, 0.15) is 11.8 Å². The van der Waals surface area contributed by atoms with E-state index in [-0.39, 0.29) is 11.1 Å². The van der Waals surface area contributed by atoms with E-state index >= 15 is 0 Å². The van der Waals surface area contributed by atoms with E-state index in [0.29, 0.717) is 18.9 Å². The second-order valence-corrected chi connectivity index (χ2v) is 5.39. The topological polar surface area (TPSA) is 43.4 Å². The minimum absolute atomic E-state index is 0.190. The van der Waals surface area contributed by atoms with Gasteiger partial charge in [0, 0.05) is 19.3 Å². The molecular formula is C16H16ClFN2O2. The van der Waals surface area contributed by atoms with Crippen molar-refractivity contribution < 1.29 is 13.9 Å². The Morgan fingerprint density at radius 1 is 1.36 bits per heavy atom. The molecule has 0 saturated carbocycles. The van der Waals surface area contributed by atoms with Gasteiger partial charge in [0.25, 0.3) is 0 Å². The Hall–Kier alpha value is -1.69. The maximum absolute atomic E-state index is 13.2. The SMILES string of the molecule is Fc1ccc(O[C@@H](c2ccccn2)[C@@H]2CNCCO2)c(Cl)c1. The van der Waals surface area contributed by atoms with Crippen LogP contribution in [0.25, 0.3) is 0 Å². The first-order valence-corrected chi connectivity index (χ1v) is 7.47. The third kappa shape index (κ3) is 3.55. The van der Waals surface area contributed by atoms with Crippen LogP contribution >= 0.6 is 11.6 Å². The highest BCUT2D eigenvalue weighted by Crippen LogP contribution is 2.31.